The third-order valence-corrected chi connectivity index (χ3v) is 3.44. The Balaban J connectivity index is 1.87. The van der Waals surface area contributed by atoms with Crippen LogP contribution in [0.4, 0.5) is 5.69 Å². The maximum Gasteiger partial charge on any atom is 0.310 e. The van der Waals surface area contributed by atoms with Gasteiger partial charge < -0.3 is 14.8 Å². The van der Waals surface area contributed by atoms with Gasteiger partial charge in [0.25, 0.3) is 5.91 Å². The van der Waals surface area contributed by atoms with E-state index in [4.69, 9.17) is 9.47 Å². The Kier molecular flexibility index (Phi) is 5.95. The largest absolute Gasteiger partial charge is 0.496 e. The van der Waals surface area contributed by atoms with Gasteiger partial charge in [-0.25, -0.2) is 0 Å². The van der Waals surface area contributed by atoms with Gasteiger partial charge in [0.15, 0.2) is 6.61 Å². The number of benzene rings is 2. The molecule has 0 spiro atoms. The number of rotatable bonds is 6. The predicted octanol–water partition coefficient (Wildman–Crippen LogP) is 3.04. The predicted molar refractivity (Wildman–Crippen MR) is 92.2 cm³/mol. The molecule has 2 aromatic rings. The van der Waals surface area contributed by atoms with Gasteiger partial charge in [-0.2, -0.15) is 0 Å². The summed E-state index contributed by atoms with van der Waals surface area (Å²) in [6, 6.07) is 13.0. The summed E-state index contributed by atoms with van der Waals surface area (Å²) in [5.74, 6) is -0.217. The Morgan fingerprint density at radius 2 is 1.79 bits per heavy atom. The molecule has 0 bridgehead atoms. The van der Waals surface area contributed by atoms with Gasteiger partial charge in [0.2, 0.25) is 0 Å². The first-order chi connectivity index (χ1) is 11.5. The number of aryl methyl sites for hydroxylation is 2. The molecule has 1 amide bonds. The molecule has 1 N–H and O–H groups in total. The first kappa shape index (κ1) is 17.5. The fourth-order valence-corrected chi connectivity index (χ4v) is 2.32. The van der Waals surface area contributed by atoms with Gasteiger partial charge in [-0.15, -0.1) is 0 Å². The zero-order chi connectivity index (χ0) is 17.5. The highest BCUT2D eigenvalue weighted by atomic mass is 16.5. The molecule has 0 aliphatic carbocycles. The molecule has 0 saturated carbocycles. The average Bonchev–Trinajstić information content (AvgIpc) is 2.53. The number of ether oxygens (including phenoxy) is 2. The minimum atomic E-state index is -0.474. The first-order valence-electron chi connectivity index (χ1n) is 7.63. The molecule has 0 radical (unpaired) electrons. The van der Waals surface area contributed by atoms with Crippen molar-refractivity contribution < 1.29 is 19.1 Å². The first-order valence-corrected chi connectivity index (χ1v) is 7.63. The molecule has 126 valence electrons. The molecule has 2 aromatic carbocycles. The van der Waals surface area contributed by atoms with E-state index >= 15 is 0 Å². The monoisotopic (exact) mass is 327 g/mol. The number of hydrogen-bond acceptors (Lipinski definition) is 4. The van der Waals surface area contributed by atoms with Crippen LogP contribution >= 0.6 is 0 Å². The highest BCUT2D eigenvalue weighted by Crippen LogP contribution is 2.20. The van der Waals surface area contributed by atoms with E-state index in [1.165, 1.54) is 0 Å². The van der Waals surface area contributed by atoms with Crippen LogP contribution in [0.1, 0.15) is 16.7 Å². The fraction of sp³-hybridized carbons (Fsp3) is 0.263. The number of carbonyl (C=O) groups is 2. The topological polar surface area (TPSA) is 64.6 Å². The van der Waals surface area contributed by atoms with E-state index in [1.54, 1.807) is 13.2 Å². The van der Waals surface area contributed by atoms with Gasteiger partial charge >= 0.3 is 5.97 Å². The zero-order valence-electron chi connectivity index (χ0n) is 14.1. The molecule has 0 atom stereocenters. The highest BCUT2D eigenvalue weighted by Gasteiger charge is 2.12. The lowest BCUT2D eigenvalue weighted by atomic mass is 10.1. The summed E-state index contributed by atoms with van der Waals surface area (Å²) >= 11 is 0. The minimum Gasteiger partial charge on any atom is -0.496 e. The smallest absolute Gasteiger partial charge is 0.310 e. The van der Waals surface area contributed by atoms with Gasteiger partial charge in [-0.1, -0.05) is 29.8 Å². The lowest BCUT2D eigenvalue weighted by Gasteiger charge is -2.10. The Labute approximate surface area is 141 Å². The Bertz CT molecular complexity index is 740. The van der Waals surface area contributed by atoms with E-state index in [0.29, 0.717) is 11.4 Å². The number of nitrogens with one attached hydrogen (secondary N) is 1. The van der Waals surface area contributed by atoms with Crippen LogP contribution < -0.4 is 10.1 Å². The Morgan fingerprint density at radius 3 is 2.50 bits per heavy atom. The van der Waals surface area contributed by atoms with Gasteiger partial charge in [0.05, 0.1) is 13.5 Å². The maximum atomic E-state index is 11.9. The number of esters is 1. The maximum absolute atomic E-state index is 11.9. The van der Waals surface area contributed by atoms with Crippen LogP contribution in [0, 0.1) is 13.8 Å². The van der Waals surface area contributed by atoms with E-state index in [9.17, 15) is 9.59 Å². The van der Waals surface area contributed by atoms with Crippen molar-refractivity contribution >= 4 is 17.6 Å². The summed E-state index contributed by atoms with van der Waals surface area (Å²) in [5.41, 5.74) is 3.48. The zero-order valence-corrected chi connectivity index (χ0v) is 14.1. The van der Waals surface area contributed by atoms with Crippen molar-refractivity contribution in [1.29, 1.82) is 0 Å². The molecular formula is C19H21NO4. The molecule has 24 heavy (non-hydrogen) atoms. The molecule has 5 heteroatoms. The van der Waals surface area contributed by atoms with E-state index in [0.717, 1.165) is 16.7 Å². The molecule has 0 aliphatic rings. The van der Waals surface area contributed by atoms with E-state index in [-0.39, 0.29) is 18.9 Å². The number of hydrogen-bond donors (Lipinski definition) is 1. The number of methoxy groups -OCH3 is 1. The van der Waals surface area contributed by atoms with Crippen molar-refractivity contribution in [2.45, 2.75) is 20.3 Å². The number of carbonyl (C=O) groups excluding carboxylic acids is 2. The SMILES string of the molecule is COc1ccc(C)cc1CC(=O)OCC(=O)Nc1cccc(C)c1. The van der Waals surface area contributed by atoms with Crippen molar-refractivity contribution in [1.82, 2.24) is 0 Å². The summed E-state index contributed by atoms with van der Waals surface area (Å²) in [5, 5.41) is 2.69. The van der Waals surface area contributed by atoms with Crippen LogP contribution in [0.2, 0.25) is 0 Å². The van der Waals surface area contributed by atoms with E-state index < -0.39 is 5.97 Å². The lowest BCUT2D eigenvalue weighted by molar-refractivity contribution is -0.146. The summed E-state index contributed by atoms with van der Waals surface area (Å²) < 4.78 is 10.3. The second kappa shape index (κ2) is 8.15. The quantitative estimate of drug-likeness (QED) is 0.828. The van der Waals surface area contributed by atoms with Crippen LogP contribution in [-0.2, 0) is 20.7 Å². The second-order valence-corrected chi connectivity index (χ2v) is 5.57. The van der Waals surface area contributed by atoms with E-state index in [2.05, 4.69) is 5.32 Å². The molecule has 0 heterocycles. The van der Waals surface area contributed by atoms with E-state index in [1.807, 2.05) is 50.2 Å². The molecular weight excluding hydrogens is 306 g/mol. The molecule has 5 nitrogen and oxygen atoms in total. The van der Waals surface area contributed by atoms with Crippen LogP contribution in [-0.4, -0.2) is 25.6 Å². The number of anilines is 1. The third-order valence-electron chi connectivity index (χ3n) is 3.44. The molecule has 0 unspecified atom stereocenters. The standard InChI is InChI=1S/C19H21NO4/c1-13-5-4-6-16(10-13)20-18(21)12-24-19(22)11-15-9-14(2)7-8-17(15)23-3/h4-10H,11-12H2,1-3H3,(H,20,21). The van der Waals surface area contributed by atoms with Gasteiger partial charge in [0.1, 0.15) is 5.75 Å². The van der Waals surface area contributed by atoms with Crippen molar-refractivity contribution in [3.8, 4) is 5.75 Å². The van der Waals surface area contributed by atoms with Gasteiger partial charge in [-0.3, -0.25) is 9.59 Å². The van der Waals surface area contributed by atoms with Crippen molar-refractivity contribution in [2.75, 3.05) is 19.0 Å². The number of amides is 1. The summed E-state index contributed by atoms with van der Waals surface area (Å²) in [7, 11) is 1.55. The Hall–Kier alpha value is -2.82. The third kappa shape index (κ3) is 5.12. The molecule has 0 fully saturated rings. The molecule has 0 saturated heterocycles. The van der Waals surface area contributed by atoms with Gasteiger partial charge in [0, 0.05) is 11.3 Å². The molecule has 2 rings (SSSR count). The average molecular weight is 327 g/mol. The van der Waals surface area contributed by atoms with Gasteiger partial charge in [-0.05, 0) is 37.6 Å². The van der Waals surface area contributed by atoms with Crippen molar-refractivity contribution in [3.05, 3.63) is 59.2 Å². The second-order valence-electron chi connectivity index (χ2n) is 5.57. The highest BCUT2D eigenvalue weighted by molar-refractivity contribution is 5.93. The van der Waals surface area contributed by atoms with Crippen LogP contribution in [0.25, 0.3) is 0 Å². The van der Waals surface area contributed by atoms with Crippen LogP contribution in [0.5, 0.6) is 5.75 Å². The molecule has 0 aliphatic heterocycles. The van der Waals surface area contributed by atoms with Crippen molar-refractivity contribution in [3.63, 3.8) is 0 Å². The fourth-order valence-electron chi connectivity index (χ4n) is 2.32. The minimum absolute atomic E-state index is 0.0581. The van der Waals surface area contributed by atoms with Crippen LogP contribution in [0.3, 0.4) is 0 Å². The van der Waals surface area contributed by atoms with Crippen molar-refractivity contribution in [2.24, 2.45) is 0 Å². The molecule has 0 aromatic heterocycles. The Morgan fingerprint density at radius 1 is 1.04 bits per heavy atom. The normalized spacial score (nSPS) is 10.1. The summed E-state index contributed by atoms with van der Waals surface area (Å²) in [4.78, 5) is 23.8. The summed E-state index contributed by atoms with van der Waals surface area (Å²) in [6.07, 6.45) is 0.0581. The van der Waals surface area contributed by atoms with Crippen LogP contribution in [0.15, 0.2) is 42.5 Å². The summed E-state index contributed by atoms with van der Waals surface area (Å²) in [6.45, 7) is 3.55. The lowest BCUT2D eigenvalue weighted by Crippen LogP contribution is -2.21.